The molecule has 1 amide bonds. The fourth-order valence-electron chi connectivity index (χ4n) is 1.92. The Bertz CT molecular complexity index is 632. The Kier molecular flexibility index (Phi) is 3.52. The standard InChI is InChI=1S/C15H15ClN2OS/c1-15(6-7-15)18-13(19)10-2-4-11(5-3-10)14-17-12(8-16)9-20-14/h2-5,9H,6-8H2,1H3,(H,18,19). The van der Waals surface area contributed by atoms with Gasteiger partial charge in [-0.3, -0.25) is 4.79 Å². The van der Waals surface area contributed by atoms with Crippen LogP contribution in [0.1, 0.15) is 35.8 Å². The van der Waals surface area contributed by atoms with Crippen molar-refractivity contribution in [3.05, 3.63) is 40.9 Å². The van der Waals surface area contributed by atoms with Gasteiger partial charge in [-0.05, 0) is 31.9 Å². The monoisotopic (exact) mass is 306 g/mol. The van der Waals surface area contributed by atoms with Crippen molar-refractivity contribution >= 4 is 28.8 Å². The average Bonchev–Trinajstić information content (AvgIpc) is 3.01. The smallest absolute Gasteiger partial charge is 0.251 e. The Morgan fingerprint density at radius 1 is 1.40 bits per heavy atom. The first-order valence-electron chi connectivity index (χ1n) is 6.53. The molecule has 5 heteroatoms. The maximum atomic E-state index is 12.1. The third kappa shape index (κ3) is 2.86. The highest BCUT2D eigenvalue weighted by Gasteiger charge is 2.38. The lowest BCUT2D eigenvalue weighted by Crippen LogP contribution is -2.34. The summed E-state index contributed by atoms with van der Waals surface area (Å²) in [5.41, 5.74) is 2.60. The summed E-state index contributed by atoms with van der Waals surface area (Å²) in [6.07, 6.45) is 2.13. The van der Waals surface area contributed by atoms with Crippen LogP contribution in [0.5, 0.6) is 0 Å². The normalized spacial score (nSPS) is 15.9. The minimum Gasteiger partial charge on any atom is -0.347 e. The molecular weight excluding hydrogens is 292 g/mol. The Morgan fingerprint density at radius 2 is 2.10 bits per heavy atom. The Hall–Kier alpha value is -1.39. The van der Waals surface area contributed by atoms with E-state index in [9.17, 15) is 4.79 Å². The van der Waals surface area contributed by atoms with Crippen molar-refractivity contribution in [1.82, 2.24) is 10.3 Å². The van der Waals surface area contributed by atoms with Gasteiger partial charge in [-0.1, -0.05) is 12.1 Å². The zero-order valence-electron chi connectivity index (χ0n) is 11.1. The third-order valence-electron chi connectivity index (χ3n) is 3.50. The molecule has 1 aliphatic rings. The Labute approximate surface area is 127 Å². The van der Waals surface area contributed by atoms with E-state index in [-0.39, 0.29) is 11.4 Å². The van der Waals surface area contributed by atoms with Crippen LogP contribution in [-0.4, -0.2) is 16.4 Å². The van der Waals surface area contributed by atoms with Gasteiger partial charge in [0.2, 0.25) is 0 Å². The SMILES string of the molecule is CC1(NC(=O)c2ccc(-c3nc(CCl)cs3)cc2)CC1. The van der Waals surface area contributed by atoms with E-state index in [0.29, 0.717) is 11.4 Å². The van der Waals surface area contributed by atoms with Crippen LogP contribution in [0.3, 0.4) is 0 Å². The quantitative estimate of drug-likeness (QED) is 0.872. The van der Waals surface area contributed by atoms with Crippen molar-refractivity contribution in [2.45, 2.75) is 31.2 Å². The molecule has 0 unspecified atom stereocenters. The first kappa shape index (κ1) is 13.6. The number of rotatable bonds is 4. The van der Waals surface area contributed by atoms with Crippen LogP contribution in [0.2, 0.25) is 0 Å². The molecule has 3 nitrogen and oxygen atoms in total. The largest absolute Gasteiger partial charge is 0.347 e. The molecule has 0 spiro atoms. The summed E-state index contributed by atoms with van der Waals surface area (Å²) in [6.45, 7) is 2.07. The van der Waals surface area contributed by atoms with E-state index >= 15 is 0 Å². The van der Waals surface area contributed by atoms with Crippen LogP contribution in [0.4, 0.5) is 0 Å². The van der Waals surface area contributed by atoms with Crippen molar-refractivity contribution in [3.8, 4) is 10.6 Å². The van der Waals surface area contributed by atoms with E-state index in [2.05, 4.69) is 17.2 Å². The molecule has 0 atom stereocenters. The minimum absolute atomic E-state index is 0.00265. The number of hydrogen-bond donors (Lipinski definition) is 1. The average molecular weight is 307 g/mol. The summed E-state index contributed by atoms with van der Waals surface area (Å²) in [4.78, 5) is 16.5. The van der Waals surface area contributed by atoms with Crippen molar-refractivity contribution in [3.63, 3.8) is 0 Å². The van der Waals surface area contributed by atoms with E-state index < -0.39 is 0 Å². The number of nitrogens with one attached hydrogen (secondary N) is 1. The number of carbonyl (C=O) groups excluding carboxylic acids is 1. The zero-order valence-corrected chi connectivity index (χ0v) is 12.7. The second-order valence-electron chi connectivity index (χ2n) is 5.37. The molecule has 20 heavy (non-hydrogen) atoms. The second kappa shape index (κ2) is 5.19. The van der Waals surface area contributed by atoms with E-state index in [1.54, 1.807) is 11.3 Å². The maximum Gasteiger partial charge on any atom is 0.251 e. The first-order valence-corrected chi connectivity index (χ1v) is 7.94. The predicted molar refractivity (Wildman–Crippen MR) is 82.2 cm³/mol. The van der Waals surface area contributed by atoms with Gasteiger partial charge in [-0.2, -0.15) is 0 Å². The fraction of sp³-hybridized carbons (Fsp3) is 0.333. The molecular formula is C15H15ClN2OS. The molecule has 1 aromatic carbocycles. The lowest BCUT2D eigenvalue weighted by atomic mass is 10.1. The van der Waals surface area contributed by atoms with Crippen LogP contribution in [0.15, 0.2) is 29.6 Å². The number of aromatic nitrogens is 1. The number of hydrogen-bond acceptors (Lipinski definition) is 3. The predicted octanol–water partition coefficient (Wildman–Crippen LogP) is 3.83. The van der Waals surface area contributed by atoms with Crippen molar-refractivity contribution < 1.29 is 4.79 Å². The van der Waals surface area contributed by atoms with Gasteiger partial charge in [0.15, 0.2) is 0 Å². The molecule has 1 aromatic heterocycles. The Balaban J connectivity index is 1.75. The molecule has 0 bridgehead atoms. The summed E-state index contributed by atoms with van der Waals surface area (Å²) >= 11 is 7.32. The van der Waals surface area contributed by atoms with Gasteiger partial charge in [0.25, 0.3) is 5.91 Å². The molecule has 1 heterocycles. The van der Waals surface area contributed by atoms with Crippen LogP contribution in [-0.2, 0) is 5.88 Å². The highest BCUT2D eigenvalue weighted by atomic mass is 35.5. The number of benzene rings is 1. The number of carbonyl (C=O) groups is 1. The summed E-state index contributed by atoms with van der Waals surface area (Å²) < 4.78 is 0. The maximum absolute atomic E-state index is 12.1. The molecule has 1 aliphatic carbocycles. The van der Waals surface area contributed by atoms with Gasteiger partial charge in [-0.15, -0.1) is 22.9 Å². The molecule has 1 saturated carbocycles. The molecule has 0 aliphatic heterocycles. The molecule has 0 radical (unpaired) electrons. The third-order valence-corrected chi connectivity index (χ3v) is 4.71. The van der Waals surface area contributed by atoms with Gasteiger partial charge in [0.05, 0.1) is 11.6 Å². The number of amides is 1. The van der Waals surface area contributed by atoms with Crippen molar-refractivity contribution in [1.29, 1.82) is 0 Å². The van der Waals surface area contributed by atoms with Gasteiger partial charge in [0.1, 0.15) is 5.01 Å². The number of halogens is 1. The lowest BCUT2D eigenvalue weighted by Gasteiger charge is -2.11. The summed E-state index contributed by atoms with van der Waals surface area (Å²) in [5, 5.41) is 5.94. The summed E-state index contributed by atoms with van der Waals surface area (Å²) in [5.74, 6) is 0.424. The first-order chi connectivity index (χ1) is 9.59. The summed E-state index contributed by atoms with van der Waals surface area (Å²) in [7, 11) is 0. The van der Waals surface area contributed by atoms with Gasteiger partial charge >= 0.3 is 0 Å². The zero-order chi connectivity index (χ0) is 14.2. The number of thiazole rings is 1. The fourth-order valence-corrected chi connectivity index (χ4v) is 2.98. The number of nitrogens with zero attached hydrogens (tertiary/aromatic N) is 1. The van der Waals surface area contributed by atoms with Gasteiger partial charge in [-0.25, -0.2) is 4.98 Å². The molecule has 2 aromatic rings. The van der Waals surface area contributed by atoms with Crippen LogP contribution >= 0.6 is 22.9 Å². The van der Waals surface area contributed by atoms with Crippen molar-refractivity contribution in [2.24, 2.45) is 0 Å². The molecule has 1 N–H and O–H groups in total. The molecule has 0 saturated heterocycles. The minimum atomic E-state index is -0.00265. The van der Waals surface area contributed by atoms with E-state index in [4.69, 9.17) is 11.6 Å². The van der Waals surface area contributed by atoms with Crippen LogP contribution in [0.25, 0.3) is 10.6 Å². The van der Waals surface area contributed by atoms with E-state index in [0.717, 1.165) is 29.1 Å². The van der Waals surface area contributed by atoms with Crippen LogP contribution in [0, 0.1) is 0 Å². The number of alkyl halides is 1. The molecule has 1 fully saturated rings. The van der Waals surface area contributed by atoms with Crippen LogP contribution < -0.4 is 5.32 Å². The lowest BCUT2D eigenvalue weighted by molar-refractivity contribution is 0.0935. The van der Waals surface area contributed by atoms with E-state index in [1.807, 2.05) is 29.6 Å². The molecule has 104 valence electrons. The summed E-state index contributed by atoms with van der Waals surface area (Å²) in [6, 6.07) is 7.55. The highest BCUT2D eigenvalue weighted by Crippen LogP contribution is 2.34. The van der Waals surface area contributed by atoms with Gasteiger partial charge < -0.3 is 5.32 Å². The van der Waals surface area contributed by atoms with Crippen molar-refractivity contribution in [2.75, 3.05) is 0 Å². The molecule has 3 rings (SSSR count). The van der Waals surface area contributed by atoms with E-state index in [1.165, 1.54) is 0 Å². The highest BCUT2D eigenvalue weighted by molar-refractivity contribution is 7.13. The van der Waals surface area contributed by atoms with Gasteiger partial charge in [0, 0.05) is 22.0 Å². The second-order valence-corrected chi connectivity index (χ2v) is 6.50. The Morgan fingerprint density at radius 3 is 2.65 bits per heavy atom. The topological polar surface area (TPSA) is 42.0 Å².